The normalized spacial score (nSPS) is 19.9. The summed E-state index contributed by atoms with van der Waals surface area (Å²) in [6.07, 6.45) is 0. The molecular weight excluding hydrogens is 226 g/mol. The fourth-order valence-corrected chi connectivity index (χ4v) is 2.50. The first-order valence-electron chi connectivity index (χ1n) is 6.63. The highest BCUT2D eigenvalue weighted by Gasteiger charge is 2.21. The number of rotatable bonds is 4. The molecule has 1 saturated heterocycles. The second-order valence-corrected chi connectivity index (χ2v) is 4.94. The van der Waals surface area contributed by atoms with Crippen molar-refractivity contribution in [3.05, 3.63) is 29.8 Å². The second kappa shape index (κ2) is 6.18. The van der Waals surface area contributed by atoms with Crippen LogP contribution in [0.5, 0.6) is 0 Å². The molecule has 4 nitrogen and oxygen atoms in total. The lowest BCUT2D eigenvalue weighted by molar-refractivity contribution is 0.0888. The molecule has 100 valence electrons. The molecule has 0 saturated carbocycles. The van der Waals surface area contributed by atoms with Gasteiger partial charge in [-0.2, -0.15) is 0 Å². The van der Waals surface area contributed by atoms with Gasteiger partial charge in [-0.25, -0.2) is 0 Å². The maximum absolute atomic E-state index is 8.93. The van der Waals surface area contributed by atoms with Crippen molar-refractivity contribution in [3.8, 4) is 0 Å². The molecule has 18 heavy (non-hydrogen) atoms. The number of nitrogen functional groups attached to an aromatic ring is 1. The van der Waals surface area contributed by atoms with Crippen molar-refractivity contribution in [2.24, 2.45) is 0 Å². The molecule has 1 unspecified atom stereocenters. The summed E-state index contributed by atoms with van der Waals surface area (Å²) < 4.78 is 0. The molecule has 0 bridgehead atoms. The Bertz CT molecular complexity index is 358. The first kappa shape index (κ1) is 13.3. The lowest BCUT2D eigenvalue weighted by Crippen LogP contribution is -2.47. The van der Waals surface area contributed by atoms with Gasteiger partial charge in [0.15, 0.2) is 0 Å². The minimum Gasteiger partial charge on any atom is -0.399 e. The van der Waals surface area contributed by atoms with E-state index in [9.17, 15) is 0 Å². The average Bonchev–Trinajstić information content (AvgIpc) is 2.40. The van der Waals surface area contributed by atoms with Crippen molar-refractivity contribution in [2.75, 3.05) is 45.1 Å². The van der Waals surface area contributed by atoms with Crippen molar-refractivity contribution in [1.82, 2.24) is 9.80 Å². The summed E-state index contributed by atoms with van der Waals surface area (Å²) >= 11 is 0. The van der Waals surface area contributed by atoms with Crippen LogP contribution in [0.1, 0.15) is 18.5 Å². The van der Waals surface area contributed by atoms with Gasteiger partial charge in [-0.05, 0) is 24.6 Å². The Kier molecular flexibility index (Phi) is 4.58. The van der Waals surface area contributed by atoms with Crippen molar-refractivity contribution in [3.63, 3.8) is 0 Å². The Hall–Kier alpha value is -1.10. The van der Waals surface area contributed by atoms with Gasteiger partial charge >= 0.3 is 0 Å². The van der Waals surface area contributed by atoms with E-state index < -0.39 is 0 Å². The Morgan fingerprint density at radius 3 is 2.33 bits per heavy atom. The largest absolute Gasteiger partial charge is 0.399 e. The molecule has 0 radical (unpaired) electrons. The van der Waals surface area contributed by atoms with E-state index in [0.717, 1.165) is 38.4 Å². The summed E-state index contributed by atoms with van der Waals surface area (Å²) in [6, 6.07) is 8.59. The summed E-state index contributed by atoms with van der Waals surface area (Å²) in [5.41, 5.74) is 7.85. The van der Waals surface area contributed by atoms with Crippen molar-refractivity contribution in [1.29, 1.82) is 0 Å². The first-order chi connectivity index (χ1) is 8.70. The van der Waals surface area contributed by atoms with E-state index in [0.29, 0.717) is 6.04 Å². The maximum atomic E-state index is 8.93. The molecule has 0 spiro atoms. The smallest absolute Gasteiger partial charge is 0.0558 e. The quantitative estimate of drug-likeness (QED) is 0.780. The molecule has 1 aromatic carbocycles. The molecule has 1 atom stereocenters. The number of hydrogen-bond donors (Lipinski definition) is 2. The topological polar surface area (TPSA) is 52.7 Å². The molecule has 0 aliphatic carbocycles. The van der Waals surface area contributed by atoms with Crippen LogP contribution in [0.3, 0.4) is 0 Å². The highest BCUT2D eigenvalue weighted by atomic mass is 16.3. The molecular formula is C14H23N3O. The van der Waals surface area contributed by atoms with E-state index in [1.165, 1.54) is 5.56 Å². The van der Waals surface area contributed by atoms with Crippen LogP contribution in [0.4, 0.5) is 5.69 Å². The molecule has 1 aromatic rings. The van der Waals surface area contributed by atoms with E-state index in [2.05, 4.69) is 28.9 Å². The Labute approximate surface area is 109 Å². The van der Waals surface area contributed by atoms with Crippen LogP contribution >= 0.6 is 0 Å². The van der Waals surface area contributed by atoms with Gasteiger partial charge in [0, 0.05) is 44.5 Å². The highest BCUT2D eigenvalue weighted by molar-refractivity contribution is 5.40. The summed E-state index contributed by atoms with van der Waals surface area (Å²) in [7, 11) is 0. The van der Waals surface area contributed by atoms with Gasteiger partial charge in [0.05, 0.1) is 6.61 Å². The van der Waals surface area contributed by atoms with Crippen LogP contribution < -0.4 is 5.73 Å². The van der Waals surface area contributed by atoms with Crippen molar-refractivity contribution in [2.45, 2.75) is 13.0 Å². The monoisotopic (exact) mass is 249 g/mol. The third-order valence-electron chi connectivity index (χ3n) is 3.79. The minimum absolute atomic E-state index is 0.257. The number of anilines is 1. The summed E-state index contributed by atoms with van der Waals surface area (Å²) in [5, 5.41) is 8.93. The molecule has 1 fully saturated rings. The van der Waals surface area contributed by atoms with E-state index in [-0.39, 0.29) is 6.61 Å². The standard InChI is InChI=1S/C14H23N3O/c1-12(13-2-4-14(15)5-3-13)17-8-6-16(7-9-17)10-11-18/h2-5,12,18H,6-11,15H2,1H3. The highest BCUT2D eigenvalue weighted by Crippen LogP contribution is 2.22. The molecule has 4 heteroatoms. The number of benzene rings is 1. The molecule has 0 aromatic heterocycles. The lowest BCUT2D eigenvalue weighted by atomic mass is 10.1. The number of hydrogen-bond acceptors (Lipinski definition) is 4. The second-order valence-electron chi connectivity index (χ2n) is 4.94. The molecule has 1 heterocycles. The zero-order valence-corrected chi connectivity index (χ0v) is 11.0. The van der Waals surface area contributed by atoms with E-state index >= 15 is 0 Å². The maximum Gasteiger partial charge on any atom is 0.0558 e. The predicted octanol–water partition coefficient (Wildman–Crippen LogP) is 0.940. The fourth-order valence-electron chi connectivity index (χ4n) is 2.50. The summed E-state index contributed by atoms with van der Waals surface area (Å²) in [6.45, 7) is 7.50. The van der Waals surface area contributed by atoms with Gasteiger partial charge in [-0.15, -0.1) is 0 Å². The predicted molar refractivity (Wildman–Crippen MR) is 74.4 cm³/mol. The van der Waals surface area contributed by atoms with Crippen molar-refractivity contribution >= 4 is 5.69 Å². The van der Waals surface area contributed by atoms with Crippen LogP contribution in [0.15, 0.2) is 24.3 Å². The number of nitrogens with zero attached hydrogens (tertiary/aromatic N) is 2. The Balaban J connectivity index is 1.91. The zero-order chi connectivity index (χ0) is 13.0. The van der Waals surface area contributed by atoms with E-state index in [4.69, 9.17) is 10.8 Å². The fraction of sp³-hybridized carbons (Fsp3) is 0.571. The lowest BCUT2D eigenvalue weighted by Gasteiger charge is -2.38. The van der Waals surface area contributed by atoms with Gasteiger partial charge in [-0.1, -0.05) is 12.1 Å². The Morgan fingerprint density at radius 1 is 1.17 bits per heavy atom. The first-order valence-corrected chi connectivity index (χ1v) is 6.63. The summed E-state index contributed by atoms with van der Waals surface area (Å²) in [5.74, 6) is 0. The minimum atomic E-state index is 0.257. The number of β-amino-alcohol motifs (C(OH)–C–C–N with tert-alkyl or cyclic N) is 1. The van der Waals surface area contributed by atoms with Gasteiger partial charge in [0.1, 0.15) is 0 Å². The van der Waals surface area contributed by atoms with Gasteiger partial charge in [0.25, 0.3) is 0 Å². The van der Waals surface area contributed by atoms with Gasteiger partial charge in [0.2, 0.25) is 0 Å². The third kappa shape index (κ3) is 3.22. The Morgan fingerprint density at radius 2 is 1.78 bits per heavy atom. The average molecular weight is 249 g/mol. The number of aliphatic hydroxyl groups is 1. The summed E-state index contributed by atoms with van der Waals surface area (Å²) in [4.78, 5) is 4.80. The van der Waals surface area contributed by atoms with Crippen LogP contribution in [0.2, 0.25) is 0 Å². The number of piperazine rings is 1. The molecule has 1 aliphatic rings. The zero-order valence-electron chi connectivity index (χ0n) is 11.0. The van der Waals surface area contributed by atoms with E-state index in [1.807, 2.05) is 12.1 Å². The van der Waals surface area contributed by atoms with Crippen LogP contribution in [0.25, 0.3) is 0 Å². The number of nitrogens with two attached hydrogens (primary N) is 1. The van der Waals surface area contributed by atoms with Crippen LogP contribution in [-0.4, -0.2) is 54.2 Å². The molecule has 1 aliphatic heterocycles. The third-order valence-corrected chi connectivity index (χ3v) is 3.79. The van der Waals surface area contributed by atoms with Crippen molar-refractivity contribution < 1.29 is 5.11 Å². The van der Waals surface area contributed by atoms with Gasteiger partial charge in [-0.3, -0.25) is 9.80 Å². The van der Waals surface area contributed by atoms with E-state index in [1.54, 1.807) is 0 Å². The molecule has 3 N–H and O–H groups in total. The molecule has 0 amide bonds. The SMILES string of the molecule is CC(c1ccc(N)cc1)N1CCN(CCO)CC1. The van der Waals surface area contributed by atoms with Crippen LogP contribution in [-0.2, 0) is 0 Å². The van der Waals surface area contributed by atoms with Crippen LogP contribution in [0, 0.1) is 0 Å². The number of aliphatic hydroxyl groups excluding tert-OH is 1. The molecule has 2 rings (SSSR count). The van der Waals surface area contributed by atoms with Gasteiger partial charge < -0.3 is 10.8 Å².